The number of H-pyrrole nitrogens is 1. The van der Waals surface area contributed by atoms with Gasteiger partial charge in [0.1, 0.15) is 48.3 Å². The van der Waals surface area contributed by atoms with Crippen LogP contribution < -0.4 is 77.4 Å². The summed E-state index contributed by atoms with van der Waals surface area (Å²) < 4.78 is 0. The molecule has 31 nitrogen and oxygen atoms in total. The molecular weight excluding hydrogens is 1020 g/mol. The third kappa shape index (κ3) is 25.0. The van der Waals surface area contributed by atoms with E-state index in [4.69, 9.17) is 40.1 Å². The number of rotatable bonds is 38. The number of likely N-dealkylation sites (tertiary alicyclic amines) is 1. The van der Waals surface area contributed by atoms with Crippen LogP contribution in [0.3, 0.4) is 0 Å². The molecule has 1 saturated heterocycles. The fraction of sp³-hybridized carbons (Fsp3) is 0.681. The lowest BCUT2D eigenvalue weighted by atomic mass is 10.0. The number of amides is 8. The number of aromatic amines is 1. The Morgan fingerprint density at radius 1 is 0.641 bits per heavy atom. The minimum absolute atomic E-state index is 0.00365. The highest BCUT2D eigenvalue weighted by molar-refractivity contribution is 5.99. The van der Waals surface area contributed by atoms with Crippen molar-refractivity contribution in [1.29, 1.82) is 0 Å². The lowest BCUT2D eigenvalue weighted by molar-refractivity contribution is -0.143. The summed E-state index contributed by atoms with van der Waals surface area (Å²) in [6.07, 6.45) is 4.05. The van der Waals surface area contributed by atoms with Crippen LogP contribution in [0, 0.1) is 5.92 Å². The molecule has 2 heterocycles. The lowest BCUT2D eigenvalue weighted by Crippen LogP contribution is -2.60. The van der Waals surface area contributed by atoms with Gasteiger partial charge in [0.05, 0.1) is 19.3 Å². The summed E-state index contributed by atoms with van der Waals surface area (Å²) >= 11 is 0. The first-order chi connectivity index (χ1) is 37.0. The number of imidazole rings is 1. The van der Waals surface area contributed by atoms with Gasteiger partial charge in [-0.2, -0.15) is 0 Å². The maximum atomic E-state index is 14.4. The monoisotopic (exact) mass is 1110 g/mol. The minimum atomic E-state index is -1.81. The van der Waals surface area contributed by atoms with Crippen LogP contribution in [-0.4, -0.2) is 184 Å². The van der Waals surface area contributed by atoms with Crippen LogP contribution >= 0.6 is 0 Å². The first-order valence-electron chi connectivity index (χ1n) is 26.1. The third-order valence-electron chi connectivity index (χ3n) is 12.3. The molecule has 438 valence electrons. The molecule has 1 aromatic heterocycles. The van der Waals surface area contributed by atoms with E-state index in [-0.39, 0.29) is 115 Å². The molecule has 0 bridgehead atoms. The Bertz CT molecular complexity index is 2190. The van der Waals surface area contributed by atoms with Gasteiger partial charge in [0, 0.05) is 37.9 Å². The van der Waals surface area contributed by atoms with E-state index in [1.807, 2.05) is 0 Å². The largest absolute Gasteiger partial charge is 0.481 e. The molecule has 0 unspecified atom stereocenters. The normalized spacial score (nSPS) is 15.7. The molecule has 0 saturated carbocycles. The van der Waals surface area contributed by atoms with Crippen molar-refractivity contribution in [3.8, 4) is 0 Å². The molecule has 1 aromatic rings. The van der Waals surface area contributed by atoms with Crippen molar-refractivity contribution in [1.82, 2.24) is 52.1 Å². The highest BCUT2D eigenvalue weighted by Gasteiger charge is 2.40. The van der Waals surface area contributed by atoms with Crippen molar-refractivity contribution in [3.05, 3.63) is 18.2 Å². The Labute approximate surface area is 452 Å². The zero-order chi connectivity index (χ0) is 58.3. The highest BCUT2D eigenvalue weighted by Crippen LogP contribution is 2.21. The van der Waals surface area contributed by atoms with Crippen molar-refractivity contribution in [2.75, 3.05) is 39.3 Å². The van der Waals surface area contributed by atoms with Gasteiger partial charge in [0.25, 0.3) is 0 Å². The van der Waals surface area contributed by atoms with E-state index in [2.05, 4.69) is 57.2 Å². The molecule has 24 N–H and O–H groups in total. The Balaban J connectivity index is 2.39. The maximum Gasteiger partial charge on any atom is 0.326 e. The van der Waals surface area contributed by atoms with Crippen LogP contribution in [0.5, 0.6) is 0 Å². The Morgan fingerprint density at radius 2 is 1.13 bits per heavy atom. The summed E-state index contributed by atoms with van der Waals surface area (Å²) in [6, 6.07) is -10.9. The number of guanidine groups is 2. The van der Waals surface area contributed by atoms with Crippen LogP contribution in [0.2, 0.25) is 0 Å². The van der Waals surface area contributed by atoms with Crippen LogP contribution in [0.15, 0.2) is 22.5 Å². The molecule has 1 aliphatic rings. The number of carbonyl (C=O) groups excluding carboxylic acids is 8. The number of carboxylic acids is 2. The zero-order valence-electron chi connectivity index (χ0n) is 44.5. The summed E-state index contributed by atoms with van der Waals surface area (Å²) in [5.41, 5.74) is 39.1. The van der Waals surface area contributed by atoms with Crippen molar-refractivity contribution in [2.45, 2.75) is 158 Å². The van der Waals surface area contributed by atoms with E-state index in [0.717, 1.165) is 0 Å². The number of aliphatic imine (C=N–C) groups is 2. The van der Waals surface area contributed by atoms with Gasteiger partial charge < -0.3 is 97.5 Å². The fourth-order valence-electron chi connectivity index (χ4n) is 8.34. The van der Waals surface area contributed by atoms with E-state index < -0.39 is 120 Å². The van der Waals surface area contributed by atoms with Gasteiger partial charge in [-0.3, -0.25) is 53.1 Å². The Kier molecular flexibility index (Phi) is 30.3. The number of carbonyl (C=O) groups is 10. The molecule has 0 aliphatic carbocycles. The van der Waals surface area contributed by atoms with Gasteiger partial charge in [-0.15, -0.1) is 0 Å². The van der Waals surface area contributed by atoms with E-state index in [1.165, 1.54) is 17.4 Å². The van der Waals surface area contributed by atoms with Gasteiger partial charge in [-0.25, -0.2) is 9.78 Å². The van der Waals surface area contributed by atoms with Gasteiger partial charge >= 0.3 is 11.9 Å². The van der Waals surface area contributed by atoms with Crippen molar-refractivity contribution < 1.29 is 58.2 Å². The molecule has 2 rings (SSSR count). The smallest absolute Gasteiger partial charge is 0.326 e. The molecule has 1 fully saturated rings. The van der Waals surface area contributed by atoms with Crippen molar-refractivity contribution >= 4 is 71.1 Å². The number of hydrogen-bond acceptors (Lipinski definition) is 16. The van der Waals surface area contributed by atoms with E-state index in [1.54, 1.807) is 13.8 Å². The number of carboxylic acid groups (broad SMARTS) is 2. The zero-order valence-corrected chi connectivity index (χ0v) is 44.5. The van der Waals surface area contributed by atoms with E-state index >= 15 is 0 Å². The van der Waals surface area contributed by atoms with Crippen LogP contribution in [0.25, 0.3) is 0 Å². The SMILES string of the molecule is CC(C)C[C@H](NC(=O)[C@@H]1CCCN1C(=O)[C@H](CCCN=C(N)N)NC(=O)[C@H](Cc1cnc[nH]1)NC(=O)CN)C(=O)N[C@@H](CC(=O)O)C(=O)N[C@@H](CCCCN)C(=O)N[C@@H](CCCCN)C(=O)N[C@@H](CCCN=C(N)N)C(=O)O. The van der Waals surface area contributed by atoms with Gasteiger partial charge in [-0.1, -0.05) is 13.8 Å². The number of aliphatic carboxylic acids is 2. The average Bonchev–Trinajstić information content (AvgIpc) is 4.09. The molecular formula is C47H83N19O12. The number of nitrogens with one attached hydrogen (secondary N) is 8. The lowest BCUT2D eigenvalue weighted by Gasteiger charge is -2.31. The van der Waals surface area contributed by atoms with Gasteiger partial charge in [-0.05, 0) is 102 Å². The van der Waals surface area contributed by atoms with Crippen LogP contribution in [0.1, 0.15) is 109 Å². The summed E-state index contributed by atoms with van der Waals surface area (Å²) in [5, 5.41) is 37.6. The van der Waals surface area contributed by atoms with Crippen LogP contribution in [-0.2, 0) is 54.4 Å². The Morgan fingerprint density at radius 3 is 1.62 bits per heavy atom. The first-order valence-corrected chi connectivity index (χ1v) is 26.1. The summed E-state index contributed by atoms with van der Waals surface area (Å²) in [4.78, 5) is 151. The average molecular weight is 1110 g/mol. The Hall–Kier alpha value is -7.67. The van der Waals surface area contributed by atoms with Gasteiger partial charge in [0.2, 0.25) is 47.3 Å². The number of unbranched alkanes of at least 4 members (excludes halogenated alkanes) is 2. The highest BCUT2D eigenvalue weighted by atomic mass is 16.4. The predicted octanol–water partition coefficient (Wildman–Crippen LogP) is -5.73. The molecule has 8 atom stereocenters. The number of nitrogens with two attached hydrogens (primary N) is 7. The van der Waals surface area contributed by atoms with Crippen molar-refractivity contribution in [3.63, 3.8) is 0 Å². The number of aromatic nitrogens is 2. The molecule has 8 amide bonds. The van der Waals surface area contributed by atoms with Crippen LogP contribution in [0.4, 0.5) is 0 Å². The van der Waals surface area contributed by atoms with E-state index in [9.17, 15) is 58.2 Å². The molecule has 0 aromatic carbocycles. The second kappa shape index (κ2) is 35.6. The minimum Gasteiger partial charge on any atom is -0.481 e. The molecule has 0 radical (unpaired) electrons. The third-order valence-corrected chi connectivity index (χ3v) is 12.3. The van der Waals surface area contributed by atoms with E-state index in [0.29, 0.717) is 31.4 Å². The molecule has 31 heteroatoms. The summed E-state index contributed by atoms with van der Waals surface area (Å²) in [5.74, 6) is -10.1. The van der Waals surface area contributed by atoms with Gasteiger partial charge in [0.15, 0.2) is 11.9 Å². The second-order valence-electron chi connectivity index (χ2n) is 19.2. The standard InChI is InChI=1S/C47H83N19O12/c1-26(2)20-32(65-43(75)35-14-9-19-66(35)44(76)30(12-7-17-56-46(51)52)62-41(73)33(59-36(67)23-50)21-27-24-55-25-58-27)40(72)64-34(22-37(68)69)42(74)61-28(10-3-5-15-48)38(70)60-29(11-4-6-16-49)39(71)63-31(45(77)78)13-8-18-57-47(53)54/h24-26,28-35H,3-23,48-50H2,1-2H3,(H,55,58)(H,59,67)(H,60,70)(H,61,74)(H,62,73)(H,63,71)(H,64,72)(H,65,75)(H,68,69)(H,77,78)(H4,51,52,56)(H4,53,54,57)/t28-,29-,30-,31-,32-,33-,34-,35-/m0/s1. The summed E-state index contributed by atoms with van der Waals surface area (Å²) in [7, 11) is 0. The quantitative estimate of drug-likeness (QED) is 0.0167. The molecule has 78 heavy (non-hydrogen) atoms. The number of hydrogen-bond donors (Lipinski definition) is 17. The number of nitrogens with zero attached hydrogens (tertiary/aromatic N) is 4. The fourth-order valence-corrected chi connectivity index (χ4v) is 8.34. The summed E-state index contributed by atoms with van der Waals surface area (Å²) in [6.45, 7) is 3.77. The van der Waals surface area contributed by atoms with Crippen molar-refractivity contribution in [2.24, 2.45) is 56.0 Å². The molecule has 0 spiro atoms. The molecule has 1 aliphatic heterocycles. The second-order valence-corrected chi connectivity index (χ2v) is 19.2. The first kappa shape index (κ1) is 66.4. The topological polar surface area (TPSA) is 534 Å². The maximum absolute atomic E-state index is 14.4. The predicted molar refractivity (Wildman–Crippen MR) is 285 cm³/mol.